The second kappa shape index (κ2) is 5.28. The molecule has 114 valence electrons. The predicted molar refractivity (Wildman–Crippen MR) is 99.3 cm³/mol. The highest BCUT2D eigenvalue weighted by molar-refractivity contribution is 7.99. The van der Waals surface area contributed by atoms with E-state index >= 15 is 0 Å². The zero-order chi connectivity index (χ0) is 16.0. The van der Waals surface area contributed by atoms with Crippen molar-refractivity contribution in [1.82, 2.24) is 0 Å². The Kier molecular flexibility index (Phi) is 3.35. The molecule has 0 saturated heterocycles. The molecule has 0 unspecified atom stereocenters. The summed E-state index contributed by atoms with van der Waals surface area (Å²) in [6.07, 6.45) is 0. The first-order valence-corrected chi connectivity index (χ1v) is 8.86. The largest absolute Gasteiger partial charge is 0.0895 e. The summed E-state index contributed by atoms with van der Waals surface area (Å²) in [5, 5.41) is 0. The van der Waals surface area contributed by atoms with Gasteiger partial charge in [0.2, 0.25) is 0 Å². The van der Waals surface area contributed by atoms with E-state index in [1.807, 2.05) is 11.8 Å². The minimum Gasteiger partial charge on any atom is -0.0895 e. The lowest BCUT2D eigenvalue weighted by Gasteiger charge is -2.34. The quantitative estimate of drug-likeness (QED) is 0.497. The predicted octanol–water partition coefficient (Wildman–Crippen LogP) is 6.45. The van der Waals surface area contributed by atoms with Crippen LogP contribution < -0.4 is 0 Å². The molecule has 4 rings (SSSR count). The van der Waals surface area contributed by atoms with Gasteiger partial charge in [0.05, 0.1) is 0 Å². The molecular formula is C22H20S. The minimum absolute atomic E-state index is 0.0396. The molecule has 0 bridgehead atoms. The fraction of sp³-hybridized carbons (Fsp3) is 0.182. The van der Waals surface area contributed by atoms with Crippen LogP contribution in [-0.4, -0.2) is 0 Å². The van der Waals surface area contributed by atoms with Gasteiger partial charge in [0, 0.05) is 15.2 Å². The van der Waals surface area contributed by atoms with Crippen LogP contribution in [0.5, 0.6) is 0 Å². The molecule has 0 saturated carbocycles. The summed E-state index contributed by atoms with van der Waals surface area (Å²) in [5.74, 6) is 0. The Balaban J connectivity index is 1.86. The zero-order valence-corrected chi connectivity index (χ0v) is 14.6. The van der Waals surface area contributed by atoms with Crippen LogP contribution in [0.3, 0.4) is 0 Å². The van der Waals surface area contributed by atoms with Crippen molar-refractivity contribution in [3.8, 4) is 11.1 Å². The molecule has 0 radical (unpaired) electrons. The Morgan fingerprint density at radius 3 is 2.13 bits per heavy atom. The van der Waals surface area contributed by atoms with Gasteiger partial charge in [-0.1, -0.05) is 79.7 Å². The van der Waals surface area contributed by atoms with Gasteiger partial charge in [-0.15, -0.1) is 0 Å². The molecule has 1 heteroatoms. The second-order valence-electron chi connectivity index (χ2n) is 6.80. The topological polar surface area (TPSA) is 0 Å². The number of benzene rings is 3. The van der Waals surface area contributed by atoms with Crippen LogP contribution in [0.2, 0.25) is 0 Å². The highest BCUT2D eigenvalue weighted by Crippen LogP contribution is 2.49. The smallest absolute Gasteiger partial charge is 0.0169 e. The van der Waals surface area contributed by atoms with E-state index in [1.165, 1.54) is 37.6 Å². The molecule has 0 aromatic heterocycles. The number of hydrogen-bond donors (Lipinski definition) is 0. The molecule has 23 heavy (non-hydrogen) atoms. The summed E-state index contributed by atoms with van der Waals surface area (Å²) in [6, 6.07) is 24.5. The monoisotopic (exact) mass is 316 g/mol. The van der Waals surface area contributed by atoms with Gasteiger partial charge >= 0.3 is 0 Å². The van der Waals surface area contributed by atoms with Gasteiger partial charge in [-0.05, 0) is 47.4 Å². The van der Waals surface area contributed by atoms with Gasteiger partial charge in [-0.2, -0.15) is 0 Å². The maximum absolute atomic E-state index is 2.38. The van der Waals surface area contributed by atoms with E-state index in [0.717, 1.165) is 0 Å². The maximum atomic E-state index is 2.38. The van der Waals surface area contributed by atoms with Crippen LogP contribution in [0.25, 0.3) is 11.1 Å². The molecule has 3 aromatic rings. The van der Waals surface area contributed by atoms with Crippen LogP contribution in [-0.2, 0) is 5.41 Å². The Labute approximate surface area is 142 Å². The van der Waals surface area contributed by atoms with E-state index in [1.54, 1.807) is 0 Å². The Morgan fingerprint density at radius 1 is 0.696 bits per heavy atom. The second-order valence-corrected chi connectivity index (χ2v) is 7.88. The van der Waals surface area contributed by atoms with Crippen molar-refractivity contribution in [3.05, 3.63) is 83.4 Å². The molecule has 0 aliphatic carbocycles. The van der Waals surface area contributed by atoms with Gasteiger partial charge < -0.3 is 0 Å². The van der Waals surface area contributed by atoms with E-state index in [0.29, 0.717) is 0 Å². The Bertz CT molecular complexity index is 873. The molecule has 1 heterocycles. The number of fused-ring (bicyclic) bond motifs is 2. The van der Waals surface area contributed by atoms with Crippen LogP contribution in [0.15, 0.2) is 76.5 Å². The van der Waals surface area contributed by atoms with Gasteiger partial charge in [0.15, 0.2) is 0 Å². The van der Waals surface area contributed by atoms with Crippen molar-refractivity contribution in [2.24, 2.45) is 0 Å². The lowest BCUT2D eigenvalue weighted by molar-refractivity contribution is 0.607. The molecule has 0 atom stereocenters. The van der Waals surface area contributed by atoms with Crippen molar-refractivity contribution in [3.63, 3.8) is 0 Å². The van der Waals surface area contributed by atoms with Crippen LogP contribution in [0, 0.1) is 6.92 Å². The summed E-state index contributed by atoms with van der Waals surface area (Å²) in [6.45, 7) is 6.81. The molecule has 0 amide bonds. The molecule has 3 aromatic carbocycles. The molecule has 0 fully saturated rings. The maximum Gasteiger partial charge on any atom is 0.0169 e. The molecule has 0 spiro atoms. The van der Waals surface area contributed by atoms with E-state index in [2.05, 4.69) is 87.5 Å². The van der Waals surface area contributed by atoms with E-state index < -0.39 is 0 Å². The summed E-state index contributed by atoms with van der Waals surface area (Å²) < 4.78 is 0. The first-order chi connectivity index (χ1) is 11.1. The van der Waals surface area contributed by atoms with Gasteiger partial charge in [-0.3, -0.25) is 0 Å². The van der Waals surface area contributed by atoms with E-state index in [-0.39, 0.29) is 5.41 Å². The number of aryl methyl sites for hydroxylation is 1. The van der Waals surface area contributed by atoms with Crippen molar-refractivity contribution in [2.45, 2.75) is 36.0 Å². The third-order valence-corrected chi connectivity index (χ3v) is 5.97. The standard InChI is InChI=1S/C22H20S/c1-15-8-10-16(11-9-15)17-12-13-21-19(14-17)22(2,3)18-6-4-5-7-20(18)23-21/h4-14H,1-3H3. The summed E-state index contributed by atoms with van der Waals surface area (Å²) in [4.78, 5) is 2.76. The molecule has 0 nitrogen and oxygen atoms in total. The lowest BCUT2D eigenvalue weighted by atomic mass is 9.77. The number of rotatable bonds is 1. The molecular weight excluding hydrogens is 296 g/mol. The van der Waals surface area contributed by atoms with Crippen LogP contribution in [0.4, 0.5) is 0 Å². The summed E-state index contributed by atoms with van der Waals surface area (Å²) in [7, 11) is 0. The van der Waals surface area contributed by atoms with Crippen LogP contribution in [0.1, 0.15) is 30.5 Å². The summed E-state index contributed by atoms with van der Waals surface area (Å²) in [5.41, 5.74) is 6.79. The minimum atomic E-state index is 0.0396. The van der Waals surface area contributed by atoms with Crippen LogP contribution >= 0.6 is 11.8 Å². The lowest BCUT2D eigenvalue weighted by Crippen LogP contribution is -2.23. The molecule has 0 N–H and O–H groups in total. The third kappa shape index (κ3) is 2.40. The van der Waals surface area contributed by atoms with Gasteiger partial charge in [-0.25, -0.2) is 0 Å². The van der Waals surface area contributed by atoms with Crippen molar-refractivity contribution >= 4 is 11.8 Å². The fourth-order valence-electron chi connectivity index (χ4n) is 3.37. The fourth-order valence-corrected chi connectivity index (χ4v) is 4.75. The van der Waals surface area contributed by atoms with Crippen molar-refractivity contribution in [1.29, 1.82) is 0 Å². The zero-order valence-electron chi connectivity index (χ0n) is 13.8. The first kappa shape index (κ1) is 14.6. The average Bonchev–Trinajstić information content (AvgIpc) is 2.56. The highest BCUT2D eigenvalue weighted by Gasteiger charge is 2.32. The summed E-state index contributed by atoms with van der Waals surface area (Å²) >= 11 is 1.89. The third-order valence-electron chi connectivity index (χ3n) is 4.82. The normalized spacial score (nSPS) is 14.9. The Morgan fingerprint density at radius 2 is 1.35 bits per heavy atom. The van der Waals surface area contributed by atoms with Crippen molar-refractivity contribution < 1.29 is 0 Å². The van der Waals surface area contributed by atoms with E-state index in [9.17, 15) is 0 Å². The SMILES string of the molecule is Cc1ccc(-c2ccc3c(c2)C(C)(C)c2ccccc2S3)cc1. The molecule has 1 aliphatic rings. The number of hydrogen-bond acceptors (Lipinski definition) is 1. The van der Waals surface area contributed by atoms with Gasteiger partial charge in [0.25, 0.3) is 0 Å². The van der Waals surface area contributed by atoms with Gasteiger partial charge in [0.1, 0.15) is 0 Å². The Hall–Kier alpha value is -1.99. The molecule has 1 aliphatic heterocycles. The average molecular weight is 316 g/mol. The van der Waals surface area contributed by atoms with Crippen molar-refractivity contribution in [2.75, 3.05) is 0 Å². The highest BCUT2D eigenvalue weighted by atomic mass is 32.2. The van der Waals surface area contributed by atoms with E-state index in [4.69, 9.17) is 0 Å². The first-order valence-electron chi connectivity index (χ1n) is 8.04.